The summed E-state index contributed by atoms with van der Waals surface area (Å²) in [5.41, 5.74) is 6.65. The van der Waals surface area contributed by atoms with Crippen LogP contribution >= 0.6 is 23.2 Å². The Morgan fingerprint density at radius 1 is 1.30 bits per heavy atom. The molecule has 122 valence electrons. The van der Waals surface area contributed by atoms with Crippen LogP contribution in [-0.2, 0) is 11.3 Å². The Bertz CT molecular complexity index is 696. The molecule has 5 nitrogen and oxygen atoms in total. The highest BCUT2D eigenvalue weighted by Gasteiger charge is 2.28. The van der Waals surface area contributed by atoms with Gasteiger partial charge in [-0.2, -0.15) is 5.10 Å². The minimum Gasteiger partial charge on any atom is -0.328 e. The number of nitrogens with two attached hydrogens (primary N) is 1. The minimum atomic E-state index is -0.0303. The van der Waals surface area contributed by atoms with Crippen LogP contribution in [0.1, 0.15) is 24.8 Å². The number of amides is 1. The molecule has 1 saturated carbocycles. The van der Waals surface area contributed by atoms with Gasteiger partial charge in [-0.05, 0) is 31.4 Å². The molecule has 1 amide bonds. The standard InChI is InChI=1S/C16H18Cl2N4O/c17-13-2-1-3-14(18)12(13)9-22-15(6-7-20-22)21-16(23)10-4-5-11(19)8-10/h1-3,6-7,10-11H,4-5,8-9,19H2,(H,21,23). The number of aromatic nitrogens is 2. The van der Waals surface area contributed by atoms with Gasteiger partial charge in [0.1, 0.15) is 5.82 Å². The van der Waals surface area contributed by atoms with Crippen LogP contribution in [0.15, 0.2) is 30.5 Å². The van der Waals surface area contributed by atoms with E-state index in [9.17, 15) is 4.79 Å². The summed E-state index contributed by atoms with van der Waals surface area (Å²) in [7, 11) is 0. The van der Waals surface area contributed by atoms with Crippen LogP contribution < -0.4 is 11.1 Å². The number of hydrogen-bond donors (Lipinski definition) is 2. The van der Waals surface area contributed by atoms with Gasteiger partial charge in [0.2, 0.25) is 5.91 Å². The number of halogens is 2. The summed E-state index contributed by atoms with van der Waals surface area (Å²) >= 11 is 12.4. The van der Waals surface area contributed by atoms with Crippen molar-refractivity contribution in [2.24, 2.45) is 11.7 Å². The summed E-state index contributed by atoms with van der Waals surface area (Å²) in [6.07, 6.45) is 4.10. The zero-order valence-corrected chi connectivity index (χ0v) is 14.0. The molecule has 0 aliphatic heterocycles. The first-order chi connectivity index (χ1) is 11.0. The Morgan fingerprint density at radius 2 is 2.04 bits per heavy atom. The van der Waals surface area contributed by atoms with Crippen molar-refractivity contribution in [3.63, 3.8) is 0 Å². The Balaban J connectivity index is 1.74. The Kier molecular flexibility index (Phi) is 4.90. The van der Waals surface area contributed by atoms with Crippen molar-refractivity contribution in [1.82, 2.24) is 9.78 Å². The third-order valence-corrected chi connectivity index (χ3v) is 4.89. The summed E-state index contributed by atoms with van der Waals surface area (Å²) in [5.74, 6) is 0.591. The highest BCUT2D eigenvalue weighted by Crippen LogP contribution is 2.27. The Labute approximate surface area is 144 Å². The molecule has 2 atom stereocenters. The molecule has 0 radical (unpaired) electrons. The van der Waals surface area contributed by atoms with E-state index in [0.717, 1.165) is 24.8 Å². The van der Waals surface area contributed by atoms with E-state index in [0.29, 0.717) is 22.4 Å². The highest BCUT2D eigenvalue weighted by molar-refractivity contribution is 6.35. The maximum absolute atomic E-state index is 12.3. The Hall–Kier alpha value is -1.56. The molecule has 1 aliphatic rings. The number of rotatable bonds is 4. The van der Waals surface area contributed by atoms with Gasteiger partial charge in [0.15, 0.2) is 0 Å². The first-order valence-electron chi connectivity index (χ1n) is 7.55. The lowest BCUT2D eigenvalue weighted by Crippen LogP contribution is -2.24. The Morgan fingerprint density at radius 3 is 2.70 bits per heavy atom. The average molecular weight is 353 g/mol. The van der Waals surface area contributed by atoms with Crippen molar-refractivity contribution in [3.05, 3.63) is 46.1 Å². The summed E-state index contributed by atoms with van der Waals surface area (Å²) in [6.45, 7) is 0.394. The molecule has 23 heavy (non-hydrogen) atoms. The maximum Gasteiger partial charge on any atom is 0.228 e. The van der Waals surface area contributed by atoms with Gasteiger partial charge in [-0.25, -0.2) is 4.68 Å². The van der Waals surface area contributed by atoms with Gasteiger partial charge in [0.05, 0.1) is 12.7 Å². The number of carbonyl (C=O) groups excluding carboxylic acids is 1. The minimum absolute atomic E-state index is 0.00930. The van der Waals surface area contributed by atoms with E-state index in [1.807, 2.05) is 0 Å². The normalized spacial score (nSPS) is 20.7. The van der Waals surface area contributed by atoms with Gasteiger partial charge < -0.3 is 11.1 Å². The van der Waals surface area contributed by atoms with Gasteiger partial charge in [-0.3, -0.25) is 4.79 Å². The molecule has 0 saturated heterocycles. The van der Waals surface area contributed by atoms with Gasteiger partial charge in [-0.15, -0.1) is 0 Å². The molecule has 1 aromatic heterocycles. The molecule has 3 N–H and O–H groups in total. The van der Waals surface area contributed by atoms with Gasteiger partial charge in [0, 0.05) is 33.6 Å². The predicted molar refractivity (Wildman–Crippen MR) is 91.7 cm³/mol. The zero-order chi connectivity index (χ0) is 16.4. The van der Waals surface area contributed by atoms with Gasteiger partial charge >= 0.3 is 0 Å². The number of nitrogens with zero attached hydrogens (tertiary/aromatic N) is 2. The first-order valence-corrected chi connectivity index (χ1v) is 8.31. The quantitative estimate of drug-likeness (QED) is 0.886. The van der Waals surface area contributed by atoms with Crippen molar-refractivity contribution < 1.29 is 4.79 Å². The van der Waals surface area contributed by atoms with E-state index in [1.54, 1.807) is 35.1 Å². The number of carbonyl (C=O) groups is 1. The molecule has 0 spiro atoms. The van der Waals surface area contributed by atoms with E-state index < -0.39 is 0 Å². The number of hydrogen-bond acceptors (Lipinski definition) is 3. The van der Waals surface area contributed by atoms with Crippen LogP contribution in [0, 0.1) is 5.92 Å². The van der Waals surface area contributed by atoms with Crippen LogP contribution in [0.5, 0.6) is 0 Å². The second kappa shape index (κ2) is 6.91. The van der Waals surface area contributed by atoms with E-state index in [4.69, 9.17) is 28.9 Å². The molecular weight excluding hydrogens is 335 g/mol. The third kappa shape index (κ3) is 3.68. The molecule has 2 unspecified atom stereocenters. The number of nitrogens with one attached hydrogen (secondary N) is 1. The van der Waals surface area contributed by atoms with Crippen molar-refractivity contribution in [1.29, 1.82) is 0 Å². The predicted octanol–water partition coefficient (Wildman–Crippen LogP) is 3.30. The fraction of sp³-hybridized carbons (Fsp3) is 0.375. The fourth-order valence-corrected chi connectivity index (χ4v) is 3.40. The largest absolute Gasteiger partial charge is 0.328 e. The topological polar surface area (TPSA) is 72.9 Å². The maximum atomic E-state index is 12.3. The lowest BCUT2D eigenvalue weighted by molar-refractivity contribution is -0.119. The average Bonchev–Trinajstić information content (AvgIpc) is 3.12. The van der Waals surface area contributed by atoms with Crippen LogP contribution in [0.25, 0.3) is 0 Å². The summed E-state index contributed by atoms with van der Waals surface area (Å²) in [6, 6.07) is 7.24. The van der Waals surface area contributed by atoms with Crippen molar-refractivity contribution >= 4 is 34.9 Å². The van der Waals surface area contributed by atoms with Crippen molar-refractivity contribution in [2.45, 2.75) is 31.8 Å². The molecule has 3 rings (SSSR count). The lowest BCUT2D eigenvalue weighted by Gasteiger charge is -2.13. The molecule has 2 aromatic rings. The molecule has 7 heteroatoms. The van der Waals surface area contributed by atoms with Crippen LogP contribution in [0.3, 0.4) is 0 Å². The third-order valence-electron chi connectivity index (χ3n) is 4.18. The smallest absolute Gasteiger partial charge is 0.228 e. The van der Waals surface area contributed by atoms with Gasteiger partial charge in [0.25, 0.3) is 0 Å². The van der Waals surface area contributed by atoms with E-state index in [2.05, 4.69) is 10.4 Å². The second-order valence-corrected chi connectivity index (χ2v) is 6.65. The summed E-state index contributed by atoms with van der Waals surface area (Å²) < 4.78 is 1.68. The first kappa shape index (κ1) is 16.3. The molecule has 1 aliphatic carbocycles. The highest BCUT2D eigenvalue weighted by atomic mass is 35.5. The van der Waals surface area contributed by atoms with Crippen molar-refractivity contribution in [2.75, 3.05) is 5.32 Å². The van der Waals surface area contributed by atoms with E-state index in [1.165, 1.54) is 0 Å². The van der Waals surface area contributed by atoms with Gasteiger partial charge in [-0.1, -0.05) is 29.3 Å². The molecule has 1 aromatic carbocycles. The molecule has 1 heterocycles. The number of benzene rings is 1. The van der Waals surface area contributed by atoms with Crippen LogP contribution in [0.2, 0.25) is 10.0 Å². The second-order valence-electron chi connectivity index (χ2n) is 5.83. The number of anilines is 1. The van der Waals surface area contributed by atoms with E-state index in [-0.39, 0.29) is 17.9 Å². The lowest BCUT2D eigenvalue weighted by atomic mass is 10.1. The van der Waals surface area contributed by atoms with E-state index >= 15 is 0 Å². The van der Waals surface area contributed by atoms with Crippen LogP contribution in [0.4, 0.5) is 5.82 Å². The molecule has 1 fully saturated rings. The van der Waals surface area contributed by atoms with Crippen LogP contribution in [-0.4, -0.2) is 21.7 Å². The molecule has 0 bridgehead atoms. The fourth-order valence-electron chi connectivity index (χ4n) is 2.88. The zero-order valence-electron chi connectivity index (χ0n) is 12.5. The summed E-state index contributed by atoms with van der Waals surface area (Å²) in [4.78, 5) is 12.3. The SMILES string of the molecule is NC1CCC(C(=O)Nc2ccnn2Cc2c(Cl)cccc2Cl)C1. The van der Waals surface area contributed by atoms with Crippen molar-refractivity contribution in [3.8, 4) is 0 Å². The monoisotopic (exact) mass is 352 g/mol. The summed E-state index contributed by atoms with van der Waals surface area (Å²) in [5, 5.41) is 8.33. The molecular formula is C16H18Cl2N4O.